The Morgan fingerprint density at radius 3 is 2.61 bits per heavy atom. The number of rotatable bonds is 4. The molecule has 1 saturated heterocycles. The molecule has 1 aliphatic carbocycles. The minimum atomic E-state index is 0.207. The van der Waals surface area contributed by atoms with E-state index in [0.29, 0.717) is 5.91 Å². The molecule has 0 radical (unpaired) electrons. The van der Waals surface area contributed by atoms with E-state index in [9.17, 15) is 4.79 Å². The van der Waals surface area contributed by atoms with Crippen LogP contribution >= 0.6 is 0 Å². The van der Waals surface area contributed by atoms with Crippen molar-refractivity contribution in [2.75, 3.05) is 19.6 Å². The largest absolute Gasteiger partial charge is 0.356 e. The zero-order valence-electron chi connectivity index (χ0n) is 11.9. The van der Waals surface area contributed by atoms with Crippen molar-refractivity contribution in [3.8, 4) is 0 Å². The lowest BCUT2D eigenvalue weighted by molar-refractivity contribution is -0.127. The van der Waals surface area contributed by atoms with Gasteiger partial charge in [0.2, 0.25) is 5.91 Å². The van der Waals surface area contributed by atoms with Gasteiger partial charge in [0.25, 0.3) is 0 Å². The fourth-order valence-corrected chi connectivity index (χ4v) is 3.51. The van der Waals surface area contributed by atoms with E-state index in [1.807, 2.05) is 0 Å². The van der Waals surface area contributed by atoms with Crippen LogP contribution in [0.2, 0.25) is 0 Å². The Balaban J connectivity index is 1.68. The predicted octanol–water partition coefficient (Wildman–Crippen LogP) is 2.32. The third-order valence-corrected chi connectivity index (χ3v) is 4.88. The highest BCUT2D eigenvalue weighted by molar-refractivity contribution is 5.79. The van der Waals surface area contributed by atoms with Crippen LogP contribution in [0.1, 0.15) is 52.4 Å². The van der Waals surface area contributed by atoms with Gasteiger partial charge in [0.05, 0.1) is 0 Å². The minimum absolute atomic E-state index is 0.207. The second-order valence-electron chi connectivity index (χ2n) is 6.71. The topological polar surface area (TPSA) is 41.1 Å². The number of amides is 1. The molecule has 2 fully saturated rings. The fourth-order valence-electron chi connectivity index (χ4n) is 3.51. The maximum atomic E-state index is 12.2. The van der Waals surface area contributed by atoms with Crippen LogP contribution in [0.25, 0.3) is 0 Å². The molecule has 3 heteroatoms. The molecule has 3 nitrogen and oxygen atoms in total. The van der Waals surface area contributed by atoms with Crippen molar-refractivity contribution in [2.45, 2.75) is 52.4 Å². The highest BCUT2D eigenvalue weighted by Gasteiger charge is 2.38. The Hall–Kier alpha value is -0.570. The van der Waals surface area contributed by atoms with Gasteiger partial charge in [-0.15, -0.1) is 0 Å². The molecule has 18 heavy (non-hydrogen) atoms. The van der Waals surface area contributed by atoms with Gasteiger partial charge in [-0.05, 0) is 56.5 Å². The summed E-state index contributed by atoms with van der Waals surface area (Å²) >= 11 is 0. The molecule has 1 atom stereocenters. The summed E-state index contributed by atoms with van der Waals surface area (Å²) in [6.45, 7) is 7.63. The Labute approximate surface area is 111 Å². The second-order valence-corrected chi connectivity index (χ2v) is 6.71. The van der Waals surface area contributed by atoms with Gasteiger partial charge in [-0.1, -0.05) is 20.3 Å². The monoisotopic (exact) mass is 252 g/mol. The lowest BCUT2D eigenvalue weighted by Gasteiger charge is -2.27. The summed E-state index contributed by atoms with van der Waals surface area (Å²) in [5.74, 6) is 1.35. The summed E-state index contributed by atoms with van der Waals surface area (Å²) in [5.41, 5.74) is 0.207. The molecule has 0 aromatic rings. The molecule has 2 rings (SSSR count). The van der Waals surface area contributed by atoms with Gasteiger partial charge in [-0.25, -0.2) is 0 Å². The molecule has 0 aromatic carbocycles. The van der Waals surface area contributed by atoms with E-state index in [1.54, 1.807) is 0 Å². The van der Waals surface area contributed by atoms with Crippen molar-refractivity contribution in [3.63, 3.8) is 0 Å². The quantitative estimate of drug-likeness (QED) is 0.806. The van der Waals surface area contributed by atoms with Crippen molar-refractivity contribution in [1.82, 2.24) is 10.6 Å². The first kappa shape index (κ1) is 13.9. The maximum Gasteiger partial charge on any atom is 0.223 e. The van der Waals surface area contributed by atoms with Crippen molar-refractivity contribution in [2.24, 2.45) is 17.3 Å². The molecule has 1 saturated carbocycles. The molecule has 1 amide bonds. The van der Waals surface area contributed by atoms with E-state index in [2.05, 4.69) is 24.5 Å². The van der Waals surface area contributed by atoms with Crippen LogP contribution in [0.15, 0.2) is 0 Å². The van der Waals surface area contributed by atoms with E-state index in [-0.39, 0.29) is 11.3 Å². The maximum absolute atomic E-state index is 12.2. The third kappa shape index (κ3) is 3.47. The summed E-state index contributed by atoms with van der Waals surface area (Å²) in [6, 6.07) is 0. The molecule has 2 N–H and O–H groups in total. The lowest BCUT2D eigenvalue weighted by atomic mass is 9.81. The molecular weight excluding hydrogens is 224 g/mol. The highest BCUT2D eigenvalue weighted by atomic mass is 16.1. The van der Waals surface area contributed by atoms with Gasteiger partial charge in [-0.2, -0.15) is 0 Å². The van der Waals surface area contributed by atoms with Gasteiger partial charge < -0.3 is 10.6 Å². The zero-order chi connectivity index (χ0) is 13.0. The zero-order valence-corrected chi connectivity index (χ0v) is 11.9. The van der Waals surface area contributed by atoms with Crippen molar-refractivity contribution in [1.29, 1.82) is 0 Å². The third-order valence-electron chi connectivity index (χ3n) is 4.88. The van der Waals surface area contributed by atoms with E-state index in [4.69, 9.17) is 0 Å². The number of nitrogens with one attached hydrogen (secondary N) is 2. The van der Waals surface area contributed by atoms with Crippen molar-refractivity contribution in [3.05, 3.63) is 0 Å². The summed E-state index contributed by atoms with van der Waals surface area (Å²) < 4.78 is 0. The molecule has 1 aliphatic heterocycles. The second kappa shape index (κ2) is 6.05. The van der Waals surface area contributed by atoms with Crippen molar-refractivity contribution >= 4 is 5.91 Å². The molecule has 2 aliphatic rings. The molecule has 0 aromatic heterocycles. The van der Waals surface area contributed by atoms with Crippen LogP contribution in [0.3, 0.4) is 0 Å². The fraction of sp³-hybridized carbons (Fsp3) is 0.933. The summed E-state index contributed by atoms with van der Waals surface area (Å²) in [6.07, 6.45) is 7.17. The molecule has 104 valence electrons. The molecule has 1 unspecified atom stereocenters. The highest BCUT2D eigenvalue weighted by Crippen LogP contribution is 2.42. The van der Waals surface area contributed by atoms with Crippen LogP contribution in [0.5, 0.6) is 0 Å². The molecule has 0 spiro atoms. The van der Waals surface area contributed by atoms with E-state index in [1.165, 1.54) is 25.7 Å². The normalized spacial score (nSPS) is 28.2. The molecule has 1 heterocycles. The Bertz CT molecular complexity index is 282. The van der Waals surface area contributed by atoms with Crippen LogP contribution in [0, 0.1) is 17.3 Å². The average Bonchev–Trinajstić information content (AvgIpc) is 2.70. The van der Waals surface area contributed by atoms with Gasteiger partial charge in [0, 0.05) is 12.5 Å². The molecule has 0 bridgehead atoms. The van der Waals surface area contributed by atoms with Gasteiger partial charge in [0.1, 0.15) is 0 Å². The minimum Gasteiger partial charge on any atom is -0.356 e. The van der Waals surface area contributed by atoms with Crippen LogP contribution in [-0.4, -0.2) is 25.5 Å². The van der Waals surface area contributed by atoms with Gasteiger partial charge >= 0.3 is 0 Å². The molecular formula is C15H28N2O. The number of piperidine rings is 1. The smallest absolute Gasteiger partial charge is 0.223 e. The van der Waals surface area contributed by atoms with Crippen molar-refractivity contribution < 1.29 is 4.79 Å². The van der Waals surface area contributed by atoms with Crippen LogP contribution in [-0.2, 0) is 4.79 Å². The Morgan fingerprint density at radius 1 is 1.28 bits per heavy atom. The average molecular weight is 252 g/mol. The predicted molar refractivity (Wildman–Crippen MR) is 74.3 cm³/mol. The summed E-state index contributed by atoms with van der Waals surface area (Å²) in [4.78, 5) is 12.2. The van der Waals surface area contributed by atoms with Gasteiger partial charge in [0.15, 0.2) is 0 Å². The number of hydrogen-bond donors (Lipinski definition) is 2. The number of carbonyl (C=O) groups excluding carboxylic acids is 1. The summed E-state index contributed by atoms with van der Waals surface area (Å²) in [5, 5.41) is 6.55. The van der Waals surface area contributed by atoms with E-state index in [0.717, 1.165) is 38.4 Å². The van der Waals surface area contributed by atoms with Gasteiger partial charge in [-0.3, -0.25) is 4.79 Å². The van der Waals surface area contributed by atoms with E-state index < -0.39 is 0 Å². The number of carbonyl (C=O) groups is 1. The standard InChI is InChI=1S/C15H28N2O/c1-15(2)8-3-4-13(15)14(18)17-11-7-12-5-9-16-10-6-12/h12-13,16H,3-11H2,1-2H3,(H,17,18). The summed E-state index contributed by atoms with van der Waals surface area (Å²) in [7, 11) is 0. The van der Waals surface area contributed by atoms with E-state index >= 15 is 0 Å². The SMILES string of the molecule is CC1(C)CCCC1C(=O)NCCC1CCNCC1. The first-order valence-electron chi connectivity index (χ1n) is 7.58. The number of hydrogen-bond acceptors (Lipinski definition) is 2. The Morgan fingerprint density at radius 2 is 2.00 bits per heavy atom. The van der Waals surface area contributed by atoms with Crippen LogP contribution < -0.4 is 10.6 Å². The Kier molecular flexibility index (Phi) is 4.66. The first-order chi connectivity index (χ1) is 8.59. The first-order valence-corrected chi connectivity index (χ1v) is 7.58. The lowest BCUT2D eigenvalue weighted by Crippen LogP contribution is -2.37. The van der Waals surface area contributed by atoms with Crippen LogP contribution in [0.4, 0.5) is 0 Å².